The zero-order chi connectivity index (χ0) is 18.0. The van der Waals surface area contributed by atoms with Crippen molar-refractivity contribution in [3.8, 4) is 5.69 Å². The van der Waals surface area contributed by atoms with Gasteiger partial charge in [-0.25, -0.2) is 14.5 Å². The van der Waals surface area contributed by atoms with Crippen LogP contribution in [0.25, 0.3) is 5.69 Å². The molecular weight excluding hydrogens is 320 g/mol. The first-order valence-electron chi connectivity index (χ1n) is 7.57. The third kappa shape index (κ3) is 3.25. The minimum atomic E-state index is -1.09. The van der Waals surface area contributed by atoms with Gasteiger partial charge in [-0.2, -0.15) is 5.10 Å². The molecule has 2 N–H and O–H groups in total. The van der Waals surface area contributed by atoms with Crippen LogP contribution in [-0.4, -0.2) is 31.7 Å². The average Bonchev–Trinajstić information content (AvgIpc) is 3.10. The van der Waals surface area contributed by atoms with Crippen molar-refractivity contribution >= 4 is 17.6 Å². The monoisotopic (exact) mass is 336 g/mol. The summed E-state index contributed by atoms with van der Waals surface area (Å²) in [4.78, 5) is 27.8. The molecule has 1 aromatic heterocycles. The van der Waals surface area contributed by atoms with Crippen LogP contribution in [0.4, 0.5) is 5.69 Å². The number of nitrogens with zero attached hydrogens (tertiary/aromatic N) is 3. The predicted octanol–water partition coefficient (Wildman–Crippen LogP) is 2.83. The van der Waals surface area contributed by atoms with E-state index in [1.807, 2.05) is 6.92 Å². The molecule has 0 spiro atoms. The van der Waals surface area contributed by atoms with Gasteiger partial charge in [0.05, 0.1) is 16.9 Å². The Morgan fingerprint density at radius 3 is 2.56 bits per heavy atom. The molecule has 0 saturated carbocycles. The summed E-state index contributed by atoms with van der Waals surface area (Å²) in [6.45, 7) is 3.62. The average molecular weight is 336 g/mol. The molecule has 7 nitrogen and oxygen atoms in total. The van der Waals surface area contributed by atoms with E-state index in [1.165, 1.54) is 12.4 Å². The van der Waals surface area contributed by atoms with Gasteiger partial charge >= 0.3 is 5.97 Å². The minimum Gasteiger partial charge on any atom is -0.478 e. The van der Waals surface area contributed by atoms with Gasteiger partial charge in [0.25, 0.3) is 5.91 Å². The van der Waals surface area contributed by atoms with Crippen molar-refractivity contribution < 1.29 is 14.7 Å². The molecule has 7 heteroatoms. The van der Waals surface area contributed by atoms with Crippen LogP contribution in [0.15, 0.2) is 49.1 Å². The molecule has 0 aliphatic heterocycles. The van der Waals surface area contributed by atoms with Gasteiger partial charge in [0, 0.05) is 5.56 Å². The van der Waals surface area contributed by atoms with Gasteiger partial charge in [0.15, 0.2) is 0 Å². The predicted molar refractivity (Wildman–Crippen MR) is 92.2 cm³/mol. The molecule has 0 saturated heterocycles. The number of aryl methyl sites for hydroxylation is 2. The summed E-state index contributed by atoms with van der Waals surface area (Å²) in [6.07, 6.45) is 3.01. The van der Waals surface area contributed by atoms with E-state index in [9.17, 15) is 14.7 Å². The number of nitrogens with one attached hydrogen (secondary N) is 1. The lowest BCUT2D eigenvalue weighted by atomic mass is 10.1. The lowest BCUT2D eigenvalue weighted by Gasteiger charge is -2.12. The van der Waals surface area contributed by atoms with Gasteiger partial charge < -0.3 is 10.4 Å². The Kier molecular flexibility index (Phi) is 4.30. The fourth-order valence-electron chi connectivity index (χ4n) is 2.58. The number of aromatic carboxylic acids is 1. The number of carboxylic acids is 1. The molecule has 0 aliphatic rings. The molecule has 1 amide bonds. The Bertz CT molecular complexity index is 949. The number of benzene rings is 2. The van der Waals surface area contributed by atoms with Crippen LogP contribution in [0, 0.1) is 13.8 Å². The molecule has 1 heterocycles. The van der Waals surface area contributed by atoms with Crippen molar-refractivity contribution in [3.63, 3.8) is 0 Å². The smallest absolute Gasteiger partial charge is 0.337 e. The van der Waals surface area contributed by atoms with Crippen LogP contribution in [0.2, 0.25) is 0 Å². The molecule has 0 aliphatic carbocycles. The second-order valence-corrected chi connectivity index (χ2v) is 5.60. The number of rotatable bonds is 4. The molecule has 3 rings (SSSR count). The van der Waals surface area contributed by atoms with Crippen molar-refractivity contribution in [1.29, 1.82) is 0 Å². The standard InChI is InChI=1S/C18H16N4O3/c1-11-4-3-5-14(18(24)25)16(11)21-17(23)13-6-7-15(12(2)8-13)22-10-19-9-20-22/h3-10H,1-2H3,(H,21,23)(H,24,25). The van der Waals surface area contributed by atoms with Crippen molar-refractivity contribution in [2.45, 2.75) is 13.8 Å². The molecule has 0 fully saturated rings. The molecule has 3 aromatic rings. The second kappa shape index (κ2) is 6.56. The van der Waals surface area contributed by atoms with E-state index in [0.29, 0.717) is 16.8 Å². The van der Waals surface area contributed by atoms with Crippen molar-refractivity contribution in [2.24, 2.45) is 0 Å². The SMILES string of the molecule is Cc1cc(C(=O)Nc2c(C)cccc2C(=O)O)ccc1-n1cncn1. The van der Waals surface area contributed by atoms with Crippen LogP contribution in [0.5, 0.6) is 0 Å². The fraction of sp³-hybridized carbons (Fsp3) is 0.111. The number of para-hydroxylation sites is 1. The van der Waals surface area contributed by atoms with Gasteiger partial charge in [-0.15, -0.1) is 0 Å². The normalized spacial score (nSPS) is 10.5. The summed E-state index contributed by atoms with van der Waals surface area (Å²) in [5.41, 5.74) is 3.14. The number of hydrogen-bond acceptors (Lipinski definition) is 4. The number of aromatic nitrogens is 3. The number of carbonyl (C=O) groups is 2. The van der Waals surface area contributed by atoms with Gasteiger partial charge in [0.1, 0.15) is 12.7 Å². The number of carbonyl (C=O) groups excluding carboxylic acids is 1. The summed E-state index contributed by atoms with van der Waals surface area (Å²) in [5, 5.41) is 16.1. The van der Waals surface area contributed by atoms with E-state index in [1.54, 1.807) is 48.3 Å². The summed E-state index contributed by atoms with van der Waals surface area (Å²) in [5.74, 6) is -1.46. The maximum Gasteiger partial charge on any atom is 0.337 e. The van der Waals surface area contributed by atoms with Crippen LogP contribution in [-0.2, 0) is 0 Å². The highest BCUT2D eigenvalue weighted by atomic mass is 16.4. The Labute approximate surface area is 143 Å². The molecular formula is C18H16N4O3. The van der Waals surface area contributed by atoms with Crippen LogP contribution in [0.3, 0.4) is 0 Å². The van der Waals surface area contributed by atoms with Crippen molar-refractivity contribution in [2.75, 3.05) is 5.32 Å². The van der Waals surface area contributed by atoms with Gasteiger partial charge in [-0.1, -0.05) is 12.1 Å². The molecule has 25 heavy (non-hydrogen) atoms. The number of anilines is 1. The van der Waals surface area contributed by atoms with E-state index >= 15 is 0 Å². The second-order valence-electron chi connectivity index (χ2n) is 5.60. The maximum atomic E-state index is 12.6. The van der Waals surface area contributed by atoms with Crippen LogP contribution < -0.4 is 5.32 Å². The van der Waals surface area contributed by atoms with Gasteiger partial charge in [-0.05, 0) is 49.2 Å². The Morgan fingerprint density at radius 2 is 1.92 bits per heavy atom. The van der Waals surface area contributed by atoms with Crippen molar-refractivity contribution in [3.05, 3.63) is 71.3 Å². The van der Waals surface area contributed by atoms with Crippen molar-refractivity contribution in [1.82, 2.24) is 14.8 Å². The quantitative estimate of drug-likeness (QED) is 0.763. The van der Waals surface area contributed by atoms with Crippen LogP contribution in [0.1, 0.15) is 31.8 Å². The Balaban J connectivity index is 1.90. The fourth-order valence-corrected chi connectivity index (χ4v) is 2.58. The highest BCUT2D eigenvalue weighted by Crippen LogP contribution is 2.22. The third-order valence-electron chi connectivity index (χ3n) is 3.87. The lowest BCUT2D eigenvalue weighted by Crippen LogP contribution is -2.16. The number of amides is 1. The molecule has 0 radical (unpaired) electrons. The van der Waals surface area contributed by atoms with Gasteiger partial charge in [-0.3, -0.25) is 4.79 Å². The molecule has 0 bridgehead atoms. The highest BCUT2D eigenvalue weighted by molar-refractivity contribution is 6.08. The first kappa shape index (κ1) is 16.4. The molecule has 126 valence electrons. The Hall–Kier alpha value is -3.48. The van der Waals surface area contributed by atoms with E-state index in [2.05, 4.69) is 15.4 Å². The molecule has 2 aromatic carbocycles. The van der Waals surface area contributed by atoms with E-state index in [-0.39, 0.29) is 11.5 Å². The zero-order valence-corrected chi connectivity index (χ0v) is 13.7. The summed E-state index contributed by atoms with van der Waals surface area (Å²) < 4.78 is 1.61. The number of hydrogen-bond donors (Lipinski definition) is 2. The largest absolute Gasteiger partial charge is 0.478 e. The molecule has 0 unspecified atom stereocenters. The van der Waals surface area contributed by atoms with Gasteiger partial charge in [0.2, 0.25) is 0 Å². The molecule has 0 atom stereocenters. The lowest BCUT2D eigenvalue weighted by molar-refractivity contribution is 0.0698. The minimum absolute atomic E-state index is 0.0595. The highest BCUT2D eigenvalue weighted by Gasteiger charge is 2.16. The van der Waals surface area contributed by atoms with E-state index in [4.69, 9.17) is 0 Å². The first-order chi connectivity index (χ1) is 12.0. The van der Waals surface area contributed by atoms with E-state index < -0.39 is 5.97 Å². The Morgan fingerprint density at radius 1 is 1.12 bits per heavy atom. The summed E-state index contributed by atoms with van der Waals surface area (Å²) >= 11 is 0. The topological polar surface area (TPSA) is 97.1 Å². The zero-order valence-electron chi connectivity index (χ0n) is 13.7. The maximum absolute atomic E-state index is 12.6. The third-order valence-corrected chi connectivity index (χ3v) is 3.87. The summed E-state index contributed by atoms with van der Waals surface area (Å²) in [6, 6.07) is 10.0. The summed E-state index contributed by atoms with van der Waals surface area (Å²) in [7, 11) is 0. The van der Waals surface area contributed by atoms with E-state index in [0.717, 1.165) is 11.3 Å². The first-order valence-corrected chi connectivity index (χ1v) is 7.57. The van der Waals surface area contributed by atoms with Crippen LogP contribution >= 0.6 is 0 Å². The number of carboxylic acid groups (broad SMARTS) is 1.